The molecule has 0 saturated carbocycles. The SMILES string of the molecule is Cc1ccc(Cl)cc1N=C1NC(=O)/C(=C/c2ccc(O[C@H](C)C(=O)O)cc2)S1. The lowest BCUT2D eigenvalue weighted by atomic mass is 10.2. The predicted octanol–water partition coefficient (Wildman–Crippen LogP) is 4.39. The highest BCUT2D eigenvalue weighted by atomic mass is 35.5. The van der Waals surface area contributed by atoms with Crippen LogP contribution in [0, 0.1) is 6.92 Å². The van der Waals surface area contributed by atoms with Gasteiger partial charge in [0.2, 0.25) is 0 Å². The summed E-state index contributed by atoms with van der Waals surface area (Å²) in [5.74, 6) is -0.825. The summed E-state index contributed by atoms with van der Waals surface area (Å²) in [4.78, 5) is 28.0. The molecule has 28 heavy (non-hydrogen) atoms. The van der Waals surface area contributed by atoms with Crippen LogP contribution in [0.15, 0.2) is 52.4 Å². The average Bonchev–Trinajstić information content (AvgIpc) is 2.98. The summed E-state index contributed by atoms with van der Waals surface area (Å²) >= 11 is 7.25. The summed E-state index contributed by atoms with van der Waals surface area (Å²) in [7, 11) is 0. The first kappa shape index (κ1) is 20.0. The second-order valence-corrected chi connectivity index (χ2v) is 7.55. The minimum Gasteiger partial charge on any atom is -0.479 e. The number of carboxylic acids is 1. The number of nitrogens with zero attached hydrogens (tertiary/aromatic N) is 1. The Morgan fingerprint density at radius 3 is 2.68 bits per heavy atom. The number of carbonyl (C=O) groups is 2. The van der Waals surface area contributed by atoms with Crippen LogP contribution >= 0.6 is 23.4 Å². The molecule has 0 aliphatic carbocycles. The summed E-state index contributed by atoms with van der Waals surface area (Å²) < 4.78 is 5.29. The maximum atomic E-state index is 12.2. The number of thioether (sulfide) groups is 1. The number of rotatable bonds is 5. The third-order valence-corrected chi connectivity index (χ3v) is 5.03. The number of amidine groups is 1. The quantitative estimate of drug-likeness (QED) is 0.705. The zero-order chi connectivity index (χ0) is 20.3. The molecule has 0 radical (unpaired) electrons. The Morgan fingerprint density at radius 2 is 2.00 bits per heavy atom. The van der Waals surface area contributed by atoms with Crippen molar-refractivity contribution in [1.82, 2.24) is 5.32 Å². The van der Waals surface area contributed by atoms with E-state index >= 15 is 0 Å². The van der Waals surface area contributed by atoms with Gasteiger partial charge in [-0.2, -0.15) is 0 Å². The summed E-state index contributed by atoms with van der Waals surface area (Å²) in [6, 6.07) is 12.2. The van der Waals surface area contributed by atoms with Crippen LogP contribution in [0.1, 0.15) is 18.1 Å². The van der Waals surface area contributed by atoms with Crippen molar-refractivity contribution < 1.29 is 19.4 Å². The van der Waals surface area contributed by atoms with Gasteiger partial charge in [0.25, 0.3) is 5.91 Å². The Labute approximate surface area is 171 Å². The van der Waals surface area contributed by atoms with Crippen molar-refractivity contribution in [3.63, 3.8) is 0 Å². The molecule has 0 spiro atoms. The van der Waals surface area contributed by atoms with Crippen LogP contribution in [-0.2, 0) is 9.59 Å². The zero-order valence-corrected chi connectivity index (χ0v) is 16.7. The molecule has 1 fully saturated rings. The van der Waals surface area contributed by atoms with Crippen LogP contribution in [-0.4, -0.2) is 28.3 Å². The maximum absolute atomic E-state index is 12.2. The van der Waals surface area contributed by atoms with Crippen molar-refractivity contribution in [2.24, 2.45) is 4.99 Å². The van der Waals surface area contributed by atoms with Crippen molar-refractivity contribution >= 4 is 52.2 Å². The standard InChI is InChI=1S/C20H17ClN2O4S/c1-11-3-6-14(21)10-16(11)22-20-23-18(24)17(28-20)9-13-4-7-15(8-5-13)27-12(2)19(25)26/h3-10,12H,1-2H3,(H,25,26)(H,22,23,24)/b17-9-/t12-/m1/s1. The van der Waals surface area contributed by atoms with Gasteiger partial charge in [0, 0.05) is 5.02 Å². The molecule has 3 rings (SSSR count). The van der Waals surface area contributed by atoms with Gasteiger partial charge in [0.05, 0.1) is 10.6 Å². The number of nitrogens with one attached hydrogen (secondary N) is 1. The Morgan fingerprint density at radius 1 is 1.29 bits per heavy atom. The number of hydrogen-bond donors (Lipinski definition) is 2. The Bertz CT molecular complexity index is 986. The molecule has 0 unspecified atom stereocenters. The number of hydrogen-bond acceptors (Lipinski definition) is 5. The third kappa shape index (κ3) is 4.94. The molecule has 0 bridgehead atoms. The number of aryl methyl sites for hydroxylation is 1. The minimum atomic E-state index is -1.04. The lowest BCUT2D eigenvalue weighted by molar-refractivity contribution is -0.144. The van der Waals surface area contributed by atoms with Crippen LogP contribution in [0.5, 0.6) is 5.75 Å². The van der Waals surface area contributed by atoms with Crippen molar-refractivity contribution in [1.29, 1.82) is 0 Å². The van der Waals surface area contributed by atoms with E-state index in [0.29, 0.717) is 26.5 Å². The number of halogens is 1. The van der Waals surface area contributed by atoms with Crippen molar-refractivity contribution in [3.05, 3.63) is 63.5 Å². The molecule has 1 heterocycles. The van der Waals surface area contributed by atoms with E-state index in [0.717, 1.165) is 11.1 Å². The van der Waals surface area contributed by atoms with E-state index < -0.39 is 12.1 Å². The van der Waals surface area contributed by atoms with Crippen LogP contribution in [0.2, 0.25) is 5.02 Å². The average molecular weight is 417 g/mol. The van der Waals surface area contributed by atoms with Gasteiger partial charge in [0.1, 0.15) is 5.75 Å². The molecule has 0 aromatic heterocycles. The summed E-state index contributed by atoms with van der Waals surface area (Å²) in [6.45, 7) is 3.38. The fourth-order valence-corrected chi connectivity index (χ4v) is 3.34. The zero-order valence-electron chi connectivity index (χ0n) is 15.1. The highest BCUT2D eigenvalue weighted by Crippen LogP contribution is 2.30. The second-order valence-electron chi connectivity index (χ2n) is 6.08. The Hall–Kier alpha value is -2.77. The Kier molecular flexibility index (Phi) is 6.06. The van der Waals surface area contributed by atoms with Gasteiger partial charge in [-0.05, 0) is 67.1 Å². The number of aliphatic imine (C=N–C) groups is 1. The maximum Gasteiger partial charge on any atom is 0.344 e. The molecule has 1 atom stereocenters. The molecule has 2 aromatic carbocycles. The number of ether oxygens (including phenoxy) is 1. The van der Waals surface area contributed by atoms with E-state index in [9.17, 15) is 9.59 Å². The third-order valence-electron chi connectivity index (χ3n) is 3.88. The molecule has 144 valence electrons. The Balaban J connectivity index is 1.74. The monoisotopic (exact) mass is 416 g/mol. The molecular weight excluding hydrogens is 400 g/mol. The lowest BCUT2D eigenvalue weighted by Gasteiger charge is -2.10. The van der Waals surface area contributed by atoms with Crippen molar-refractivity contribution in [2.45, 2.75) is 20.0 Å². The number of aliphatic carboxylic acids is 1. The van der Waals surface area contributed by atoms with Crippen LogP contribution < -0.4 is 10.1 Å². The van der Waals surface area contributed by atoms with Gasteiger partial charge in [-0.15, -0.1) is 0 Å². The van der Waals surface area contributed by atoms with Gasteiger partial charge in [-0.25, -0.2) is 9.79 Å². The molecule has 2 aromatic rings. The van der Waals surface area contributed by atoms with E-state index in [1.807, 2.05) is 13.0 Å². The van der Waals surface area contributed by atoms with Crippen molar-refractivity contribution in [3.8, 4) is 5.75 Å². The normalized spacial score (nSPS) is 17.6. The van der Waals surface area contributed by atoms with E-state index in [4.69, 9.17) is 21.4 Å². The fourth-order valence-electron chi connectivity index (χ4n) is 2.34. The fraction of sp³-hybridized carbons (Fsp3) is 0.150. The van der Waals surface area contributed by atoms with Gasteiger partial charge in [-0.1, -0.05) is 29.8 Å². The number of carbonyl (C=O) groups excluding carboxylic acids is 1. The molecule has 8 heteroatoms. The van der Waals surface area contributed by atoms with E-state index in [1.165, 1.54) is 18.7 Å². The first-order chi connectivity index (χ1) is 13.3. The van der Waals surface area contributed by atoms with Crippen LogP contribution in [0.4, 0.5) is 5.69 Å². The summed E-state index contributed by atoms with van der Waals surface area (Å²) in [5, 5.41) is 12.7. The highest BCUT2D eigenvalue weighted by Gasteiger charge is 2.24. The highest BCUT2D eigenvalue weighted by molar-refractivity contribution is 8.18. The lowest BCUT2D eigenvalue weighted by Crippen LogP contribution is -2.22. The van der Waals surface area contributed by atoms with Gasteiger partial charge in [-0.3, -0.25) is 4.79 Å². The van der Waals surface area contributed by atoms with E-state index in [1.54, 1.807) is 42.5 Å². The number of amides is 1. The molecule has 1 aliphatic rings. The molecule has 6 nitrogen and oxygen atoms in total. The van der Waals surface area contributed by atoms with Crippen LogP contribution in [0.25, 0.3) is 6.08 Å². The van der Waals surface area contributed by atoms with Gasteiger partial charge >= 0.3 is 5.97 Å². The van der Waals surface area contributed by atoms with Crippen molar-refractivity contribution in [2.75, 3.05) is 0 Å². The molecule has 2 N–H and O–H groups in total. The summed E-state index contributed by atoms with van der Waals surface area (Å²) in [5.41, 5.74) is 2.44. The predicted molar refractivity (Wildman–Crippen MR) is 111 cm³/mol. The molecule has 1 amide bonds. The molecule has 1 saturated heterocycles. The largest absolute Gasteiger partial charge is 0.479 e. The van der Waals surface area contributed by atoms with E-state index in [2.05, 4.69) is 10.3 Å². The topological polar surface area (TPSA) is 88.0 Å². The molecule has 1 aliphatic heterocycles. The minimum absolute atomic E-state index is 0.233. The first-order valence-corrected chi connectivity index (χ1v) is 9.56. The smallest absolute Gasteiger partial charge is 0.344 e. The first-order valence-electron chi connectivity index (χ1n) is 8.37. The van der Waals surface area contributed by atoms with E-state index in [-0.39, 0.29) is 5.91 Å². The summed E-state index contributed by atoms with van der Waals surface area (Å²) in [6.07, 6.45) is 0.798. The van der Waals surface area contributed by atoms with Gasteiger partial charge in [0.15, 0.2) is 11.3 Å². The van der Waals surface area contributed by atoms with Gasteiger partial charge < -0.3 is 15.2 Å². The number of benzene rings is 2. The number of carboxylic acid groups (broad SMARTS) is 1. The molecular formula is C20H17ClN2O4S. The second kappa shape index (κ2) is 8.50. The van der Waals surface area contributed by atoms with Crippen LogP contribution in [0.3, 0.4) is 0 Å².